The standard InChI is InChI=1S/C14H22ClN/c1-3-4-5-6-11-14(16-2)12-9-7-8-10-13(12)15/h7-10,14,16H,3-6,11H2,1-2H3. The molecule has 0 saturated carbocycles. The fourth-order valence-corrected chi connectivity index (χ4v) is 2.26. The predicted octanol–water partition coefficient (Wildman–Crippen LogP) is 4.57. The van der Waals surface area contributed by atoms with E-state index in [0.29, 0.717) is 6.04 Å². The Labute approximate surface area is 104 Å². The van der Waals surface area contributed by atoms with Crippen molar-refractivity contribution in [3.63, 3.8) is 0 Å². The van der Waals surface area contributed by atoms with Crippen molar-refractivity contribution in [1.29, 1.82) is 0 Å². The molecule has 0 heterocycles. The molecule has 1 atom stereocenters. The number of unbranched alkanes of at least 4 members (excludes halogenated alkanes) is 3. The second kappa shape index (κ2) is 7.70. The molecule has 1 N–H and O–H groups in total. The molecule has 0 spiro atoms. The minimum absolute atomic E-state index is 0.394. The van der Waals surface area contributed by atoms with Crippen LogP contribution < -0.4 is 5.32 Å². The number of nitrogens with one attached hydrogen (secondary N) is 1. The first-order chi connectivity index (χ1) is 7.79. The monoisotopic (exact) mass is 239 g/mol. The molecule has 1 nitrogen and oxygen atoms in total. The summed E-state index contributed by atoms with van der Waals surface area (Å²) in [6.07, 6.45) is 6.37. The SMILES string of the molecule is CCCCCCC(NC)c1ccccc1Cl. The molecule has 0 radical (unpaired) electrons. The molecule has 16 heavy (non-hydrogen) atoms. The van der Waals surface area contributed by atoms with Crippen LogP contribution in [-0.4, -0.2) is 7.05 Å². The summed E-state index contributed by atoms with van der Waals surface area (Å²) in [5, 5.41) is 4.22. The summed E-state index contributed by atoms with van der Waals surface area (Å²) in [4.78, 5) is 0. The van der Waals surface area contributed by atoms with E-state index in [1.54, 1.807) is 0 Å². The van der Waals surface area contributed by atoms with Crippen LogP contribution in [0.5, 0.6) is 0 Å². The van der Waals surface area contributed by atoms with Crippen LogP contribution in [0.1, 0.15) is 50.6 Å². The number of halogens is 1. The van der Waals surface area contributed by atoms with Gasteiger partial charge in [0.25, 0.3) is 0 Å². The van der Waals surface area contributed by atoms with E-state index in [2.05, 4.69) is 24.4 Å². The molecule has 90 valence electrons. The van der Waals surface area contributed by atoms with E-state index in [4.69, 9.17) is 11.6 Å². The molecule has 0 aromatic heterocycles. The zero-order valence-electron chi connectivity index (χ0n) is 10.3. The maximum atomic E-state index is 6.20. The van der Waals surface area contributed by atoms with Crippen LogP contribution in [0.4, 0.5) is 0 Å². The van der Waals surface area contributed by atoms with Crippen LogP contribution in [0.25, 0.3) is 0 Å². The van der Waals surface area contributed by atoms with Crippen LogP contribution in [0.2, 0.25) is 5.02 Å². The number of hydrogen-bond acceptors (Lipinski definition) is 1. The van der Waals surface area contributed by atoms with E-state index < -0.39 is 0 Å². The van der Waals surface area contributed by atoms with Gasteiger partial charge in [0.2, 0.25) is 0 Å². The van der Waals surface area contributed by atoms with Crippen molar-refractivity contribution in [3.05, 3.63) is 34.9 Å². The Balaban J connectivity index is 2.51. The second-order valence-corrected chi connectivity index (χ2v) is 4.62. The third-order valence-electron chi connectivity index (χ3n) is 2.98. The molecular weight excluding hydrogens is 218 g/mol. The van der Waals surface area contributed by atoms with Crippen molar-refractivity contribution in [2.45, 2.75) is 45.1 Å². The van der Waals surface area contributed by atoms with Gasteiger partial charge in [-0.1, -0.05) is 62.4 Å². The Morgan fingerprint density at radius 1 is 1.19 bits per heavy atom. The Morgan fingerprint density at radius 3 is 2.56 bits per heavy atom. The van der Waals surface area contributed by atoms with Gasteiger partial charge in [0.05, 0.1) is 0 Å². The van der Waals surface area contributed by atoms with Crippen LogP contribution in [0, 0.1) is 0 Å². The summed E-state index contributed by atoms with van der Waals surface area (Å²) >= 11 is 6.20. The van der Waals surface area contributed by atoms with E-state index >= 15 is 0 Å². The van der Waals surface area contributed by atoms with Gasteiger partial charge in [-0.05, 0) is 25.1 Å². The quantitative estimate of drug-likeness (QED) is 0.688. The van der Waals surface area contributed by atoms with Gasteiger partial charge in [-0.3, -0.25) is 0 Å². The maximum Gasteiger partial charge on any atom is 0.0453 e. The summed E-state index contributed by atoms with van der Waals surface area (Å²) in [6, 6.07) is 8.51. The lowest BCUT2D eigenvalue weighted by Gasteiger charge is -2.17. The third kappa shape index (κ3) is 4.15. The van der Waals surface area contributed by atoms with Gasteiger partial charge in [0, 0.05) is 11.1 Å². The summed E-state index contributed by atoms with van der Waals surface area (Å²) in [5.74, 6) is 0. The second-order valence-electron chi connectivity index (χ2n) is 4.21. The largest absolute Gasteiger partial charge is 0.313 e. The highest BCUT2D eigenvalue weighted by Crippen LogP contribution is 2.26. The minimum Gasteiger partial charge on any atom is -0.313 e. The first-order valence-electron chi connectivity index (χ1n) is 6.21. The van der Waals surface area contributed by atoms with E-state index in [-0.39, 0.29) is 0 Å². The highest BCUT2D eigenvalue weighted by molar-refractivity contribution is 6.31. The van der Waals surface area contributed by atoms with Crippen molar-refractivity contribution >= 4 is 11.6 Å². The molecule has 0 amide bonds. The predicted molar refractivity (Wildman–Crippen MR) is 72.0 cm³/mol. The van der Waals surface area contributed by atoms with Crippen LogP contribution in [0.3, 0.4) is 0 Å². The van der Waals surface area contributed by atoms with E-state index in [1.165, 1.54) is 37.7 Å². The lowest BCUT2D eigenvalue weighted by Crippen LogP contribution is -2.16. The number of rotatable bonds is 7. The summed E-state index contributed by atoms with van der Waals surface area (Å²) < 4.78 is 0. The number of hydrogen-bond donors (Lipinski definition) is 1. The maximum absolute atomic E-state index is 6.20. The fourth-order valence-electron chi connectivity index (χ4n) is 1.99. The molecule has 1 rings (SSSR count). The lowest BCUT2D eigenvalue weighted by molar-refractivity contribution is 0.505. The van der Waals surface area contributed by atoms with Crippen molar-refractivity contribution in [3.8, 4) is 0 Å². The highest BCUT2D eigenvalue weighted by atomic mass is 35.5. The normalized spacial score (nSPS) is 12.7. The van der Waals surface area contributed by atoms with Crippen LogP contribution in [-0.2, 0) is 0 Å². The van der Waals surface area contributed by atoms with Crippen LogP contribution in [0.15, 0.2) is 24.3 Å². The number of benzene rings is 1. The first kappa shape index (κ1) is 13.5. The van der Waals surface area contributed by atoms with Crippen LogP contribution >= 0.6 is 11.6 Å². The van der Waals surface area contributed by atoms with E-state index in [1.807, 2.05) is 19.2 Å². The van der Waals surface area contributed by atoms with E-state index in [0.717, 1.165) is 5.02 Å². The molecule has 0 aliphatic rings. The lowest BCUT2D eigenvalue weighted by atomic mass is 10.0. The van der Waals surface area contributed by atoms with Gasteiger partial charge < -0.3 is 5.32 Å². The van der Waals surface area contributed by atoms with Gasteiger partial charge in [0.1, 0.15) is 0 Å². The van der Waals surface area contributed by atoms with E-state index in [9.17, 15) is 0 Å². The van der Waals surface area contributed by atoms with Crippen molar-refractivity contribution in [2.24, 2.45) is 0 Å². The average molecular weight is 240 g/mol. The molecule has 1 unspecified atom stereocenters. The first-order valence-corrected chi connectivity index (χ1v) is 6.59. The molecule has 2 heteroatoms. The van der Waals surface area contributed by atoms with Crippen molar-refractivity contribution in [2.75, 3.05) is 7.05 Å². The third-order valence-corrected chi connectivity index (χ3v) is 3.32. The molecule has 1 aromatic rings. The molecule has 1 aromatic carbocycles. The Hall–Kier alpha value is -0.530. The zero-order valence-corrected chi connectivity index (χ0v) is 11.1. The minimum atomic E-state index is 0.394. The fraction of sp³-hybridized carbons (Fsp3) is 0.571. The molecule has 0 aliphatic carbocycles. The molecule has 0 fully saturated rings. The van der Waals surface area contributed by atoms with Gasteiger partial charge in [-0.2, -0.15) is 0 Å². The summed E-state index contributed by atoms with van der Waals surface area (Å²) in [6.45, 7) is 2.24. The average Bonchev–Trinajstić information content (AvgIpc) is 2.31. The van der Waals surface area contributed by atoms with Gasteiger partial charge >= 0.3 is 0 Å². The van der Waals surface area contributed by atoms with Crippen molar-refractivity contribution < 1.29 is 0 Å². The Morgan fingerprint density at radius 2 is 1.94 bits per heavy atom. The topological polar surface area (TPSA) is 12.0 Å². The van der Waals surface area contributed by atoms with Gasteiger partial charge in [-0.15, -0.1) is 0 Å². The summed E-state index contributed by atoms with van der Waals surface area (Å²) in [7, 11) is 2.01. The summed E-state index contributed by atoms with van der Waals surface area (Å²) in [5.41, 5.74) is 1.23. The molecule has 0 saturated heterocycles. The molecular formula is C14H22ClN. The smallest absolute Gasteiger partial charge is 0.0453 e. The molecule has 0 bridgehead atoms. The van der Waals surface area contributed by atoms with Gasteiger partial charge in [-0.25, -0.2) is 0 Å². The van der Waals surface area contributed by atoms with Crippen molar-refractivity contribution in [1.82, 2.24) is 5.32 Å². The zero-order chi connectivity index (χ0) is 11.8. The Kier molecular flexibility index (Phi) is 6.51. The Bertz CT molecular complexity index is 299. The molecule has 0 aliphatic heterocycles. The van der Waals surface area contributed by atoms with Gasteiger partial charge in [0.15, 0.2) is 0 Å². The highest BCUT2D eigenvalue weighted by Gasteiger charge is 2.11.